The van der Waals surface area contributed by atoms with Gasteiger partial charge in [-0.15, -0.1) is 0 Å². The number of aromatic amines is 1. The van der Waals surface area contributed by atoms with E-state index in [2.05, 4.69) is 56.9 Å². The van der Waals surface area contributed by atoms with Crippen LogP contribution in [0, 0.1) is 6.92 Å². The van der Waals surface area contributed by atoms with Crippen molar-refractivity contribution in [2.24, 2.45) is 0 Å². The third-order valence-corrected chi connectivity index (χ3v) is 5.92. The van der Waals surface area contributed by atoms with Crippen LogP contribution in [0.1, 0.15) is 103 Å². The number of ether oxygens (including phenoxy) is 1. The average molecular weight is 396 g/mol. The van der Waals surface area contributed by atoms with Gasteiger partial charge in [-0.05, 0) is 47.8 Å². The van der Waals surface area contributed by atoms with Gasteiger partial charge in [-0.25, -0.2) is 4.79 Å². The van der Waals surface area contributed by atoms with Gasteiger partial charge in [0.05, 0.1) is 6.61 Å². The standard InChI is InChI=1S/C25H33NO3/c1-6-7-8-13-29-24(28)23-16(2)22-20(26-23)14-18(15-21(22)27)17-9-11-19(12-10-17)25(3,4)5/h9-12,18,26H,6-8,13-15H2,1-5H3/t18-/m0/s1. The highest BCUT2D eigenvalue weighted by atomic mass is 16.5. The third-order valence-electron chi connectivity index (χ3n) is 5.92. The molecule has 1 atom stereocenters. The van der Waals surface area contributed by atoms with E-state index in [0.29, 0.717) is 24.3 Å². The fourth-order valence-corrected chi connectivity index (χ4v) is 4.12. The number of benzene rings is 1. The van der Waals surface area contributed by atoms with Crippen LogP contribution in [-0.4, -0.2) is 23.3 Å². The van der Waals surface area contributed by atoms with Crippen molar-refractivity contribution in [2.75, 3.05) is 6.61 Å². The van der Waals surface area contributed by atoms with E-state index >= 15 is 0 Å². The summed E-state index contributed by atoms with van der Waals surface area (Å²) in [4.78, 5) is 28.6. The lowest BCUT2D eigenvalue weighted by Gasteiger charge is -2.24. The first-order valence-electron chi connectivity index (χ1n) is 10.7. The normalized spacial score (nSPS) is 16.6. The first-order valence-corrected chi connectivity index (χ1v) is 10.7. The molecule has 1 aliphatic carbocycles. The number of aromatic nitrogens is 1. The topological polar surface area (TPSA) is 59.2 Å². The van der Waals surface area contributed by atoms with Crippen LogP contribution in [0.15, 0.2) is 24.3 Å². The van der Waals surface area contributed by atoms with Crippen LogP contribution < -0.4 is 0 Å². The maximum Gasteiger partial charge on any atom is 0.355 e. The minimum absolute atomic E-state index is 0.106. The molecule has 0 saturated carbocycles. The Morgan fingerprint density at radius 2 is 1.83 bits per heavy atom. The Labute approximate surface area is 174 Å². The molecule has 0 fully saturated rings. The molecule has 1 aliphatic rings. The summed E-state index contributed by atoms with van der Waals surface area (Å²) in [5.41, 5.74) is 5.28. The molecule has 1 aromatic heterocycles. The molecule has 0 radical (unpaired) electrons. The van der Waals surface area contributed by atoms with Gasteiger partial charge in [0, 0.05) is 17.7 Å². The molecule has 3 rings (SSSR count). The second-order valence-corrected chi connectivity index (χ2v) is 9.22. The number of nitrogens with one attached hydrogen (secondary N) is 1. The highest BCUT2D eigenvalue weighted by Crippen LogP contribution is 2.36. The number of rotatable bonds is 6. The lowest BCUT2D eigenvalue weighted by molar-refractivity contribution is 0.0491. The maximum atomic E-state index is 12.9. The summed E-state index contributed by atoms with van der Waals surface area (Å²) in [6, 6.07) is 8.60. The summed E-state index contributed by atoms with van der Waals surface area (Å²) in [7, 11) is 0. The first-order chi connectivity index (χ1) is 13.7. The number of esters is 1. The minimum atomic E-state index is -0.355. The number of ketones is 1. The van der Waals surface area contributed by atoms with Crippen LogP contribution in [0.2, 0.25) is 0 Å². The number of hydrogen-bond donors (Lipinski definition) is 1. The SMILES string of the molecule is CCCCCOC(=O)c1[nH]c2c(c1C)C(=O)C[C@@H](c1ccc(C(C)(C)C)cc1)C2. The first kappa shape index (κ1) is 21.4. The Morgan fingerprint density at radius 1 is 1.14 bits per heavy atom. The number of H-pyrrole nitrogens is 1. The van der Waals surface area contributed by atoms with E-state index in [-0.39, 0.29) is 23.1 Å². The van der Waals surface area contributed by atoms with Gasteiger partial charge in [0.25, 0.3) is 0 Å². The van der Waals surface area contributed by atoms with Crippen LogP contribution in [0.4, 0.5) is 0 Å². The summed E-state index contributed by atoms with van der Waals surface area (Å²) in [5.74, 6) is -0.114. The van der Waals surface area contributed by atoms with Crippen molar-refractivity contribution in [3.8, 4) is 0 Å². The van der Waals surface area contributed by atoms with Crippen LogP contribution in [-0.2, 0) is 16.6 Å². The molecule has 4 heteroatoms. The smallest absolute Gasteiger partial charge is 0.355 e. The van der Waals surface area contributed by atoms with Crippen molar-refractivity contribution >= 4 is 11.8 Å². The zero-order valence-corrected chi connectivity index (χ0v) is 18.4. The Kier molecular flexibility index (Phi) is 6.30. The molecule has 4 nitrogen and oxygen atoms in total. The molecular formula is C25H33NO3. The summed E-state index contributed by atoms with van der Waals surface area (Å²) in [6.45, 7) is 11.0. The number of carbonyl (C=O) groups is 2. The fourth-order valence-electron chi connectivity index (χ4n) is 4.12. The van der Waals surface area contributed by atoms with Gasteiger partial charge in [0.1, 0.15) is 5.69 Å². The van der Waals surface area contributed by atoms with Crippen molar-refractivity contribution in [2.45, 2.75) is 78.1 Å². The molecule has 0 saturated heterocycles. The lowest BCUT2D eigenvalue weighted by Crippen LogP contribution is -2.19. The molecule has 2 aromatic rings. The molecule has 29 heavy (non-hydrogen) atoms. The van der Waals surface area contributed by atoms with Gasteiger partial charge in [0.2, 0.25) is 0 Å². The Balaban J connectivity index is 1.78. The molecule has 0 bridgehead atoms. The molecule has 156 valence electrons. The van der Waals surface area contributed by atoms with Gasteiger partial charge in [-0.1, -0.05) is 64.8 Å². The highest BCUT2D eigenvalue weighted by molar-refractivity contribution is 6.03. The third kappa shape index (κ3) is 4.63. The molecule has 0 unspecified atom stereocenters. The molecular weight excluding hydrogens is 362 g/mol. The number of hydrogen-bond acceptors (Lipinski definition) is 3. The summed E-state index contributed by atoms with van der Waals surface area (Å²) < 4.78 is 5.40. The van der Waals surface area contributed by atoms with E-state index in [0.717, 1.165) is 36.9 Å². The zero-order chi connectivity index (χ0) is 21.2. The van der Waals surface area contributed by atoms with E-state index in [1.807, 2.05) is 6.92 Å². The maximum absolute atomic E-state index is 12.9. The van der Waals surface area contributed by atoms with Gasteiger partial charge in [-0.3, -0.25) is 4.79 Å². The van der Waals surface area contributed by atoms with Gasteiger partial charge in [0.15, 0.2) is 5.78 Å². The largest absolute Gasteiger partial charge is 0.461 e. The predicted molar refractivity (Wildman–Crippen MR) is 116 cm³/mol. The van der Waals surface area contributed by atoms with Crippen molar-refractivity contribution in [3.05, 3.63) is 57.9 Å². The van der Waals surface area contributed by atoms with E-state index in [1.165, 1.54) is 11.1 Å². The van der Waals surface area contributed by atoms with Crippen molar-refractivity contribution in [1.29, 1.82) is 0 Å². The van der Waals surface area contributed by atoms with E-state index in [4.69, 9.17) is 4.74 Å². The molecule has 0 amide bonds. The van der Waals surface area contributed by atoms with Crippen LogP contribution in [0.3, 0.4) is 0 Å². The molecule has 1 heterocycles. The number of Topliss-reactive ketones (excluding diaryl/α,β-unsaturated/α-hetero) is 1. The zero-order valence-electron chi connectivity index (χ0n) is 18.4. The molecule has 0 spiro atoms. The van der Waals surface area contributed by atoms with Crippen molar-refractivity contribution in [1.82, 2.24) is 4.98 Å². The van der Waals surface area contributed by atoms with E-state index < -0.39 is 0 Å². The van der Waals surface area contributed by atoms with Crippen LogP contribution >= 0.6 is 0 Å². The lowest BCUT2D eigenvalue weighted by atomic mass is 9.80. The quantitative estimate of drug-likeness (QED) is 0.491. The van der Waals surface area contributed by atoms with Crippen molar-refractivity contribution in [3.63, 3.8) is 0 Å². The highest BCUT2D eigenvalue weighted by Gasteiger charge is 2.32. The monoisotopic (exact) mass is 395 g/mol. The Bertz CT molecular complexity index is 884. The van der Waals surface area contributed by atoms with E-state index in [1.54, 1.807) is 0 Å². The Hall–Kier alpha value is -2.36. The average Bonchev–Trinajstić information content (AvgIpc) is 3.01. The van der Waals surface area contributed by atoms with Gasteiger partial charge >= 0.3 is 5.97 Å². The van der Waals surface area contributed by atoms with Gasteiger partial charge in [-0.2, -0.15) is 0 Å². The molecule has 1 aromatic carbocycles. The number of carbonyl (C=O) groups excluding carboxylic acids is 2. The Morgan fingerprint density at radius 3 is 2.45 bits per heavy atom. The fraction of sp³-hybridized carbons (Fsp3) is 0.520. The minimum Gasteiger partial charge on any atom is -0.461 e. The van der Waals surface area contributed by atoms with Crippen LogP contribution in [0.25, 0.3) is 0 Å². The van der Waals surface area contributed by atoms with Crippen molar-refractivity contribution < 1.29 is 14.3 Å². The second-order valence-electron chi connectivity index (χ2n) is 9.22. The predicted octanol–water partition coefficient (Wildman–Crippen LogP) is 5.88. The molecule has 1 N–H and O–H groups in total. The summed E-state index contributed by atoms with van der Waals surface area (Å²) in [5, 5.41) is 0. The molecule has 0 aliphatic heterocycles. The van der Waals surface area contributed by atoms with Crippen LogP contribution in [0.5, 0.6) is 0 Å². The summed E-state index contributed by atoms with van der Waals surface area (Å²) in [6.07, 6.45) is 4.21. The van der Waals surface area contributed by atoms with Gasteiger partial charge < -0.3 is 9.72 Å². The number of unbranched alkanes of at least 4 members (excludes halogenated alkanes) is 2. The van der Waals surface area contributed by atoms with E-state index in [9.17, 15) is 9.59 Å². The second kappa shape index (κ2) is 8.56. The number of fused-ring (bicyclic) bond motifs is 1. The summed E-state index contributed by atoms with van der Waals surface area (Å²) >= 11 is 0.